The lowest BCUT2D eigenvalue weighted by atomic mass is 9.92. The third-order valence-corrected chi connectivity index (χ3v) is 5.05. The summed E-state index contributed by atoms with van der Waals surface area (Å²) in [6.45, 7) is 10.6. The van der Waals surface area contributed by atoms with E-state index >= 15 is 0 Å². The molecule has 2 rings (SSSR count). The van der Waals surface area contributed by atoms with Crippen LogP contribution in [0.2, 0.25) is 0 Å². The monoisotopic (exact) mass is 443 g/mol. The van der Waals surface area contributed by atoms with Crippen LogP contribution in [-0.4, -0.2) is 45.3 Å². The third kappa shape index (κ3) is 5.22. The Morgan fingerprint density at radius 2 is 2.03 bits per heavy atom. The van der Waals surface area contributed by atoms with Gasteiger partial charge in [-0.05, 0) is 32.8 Å². The number of non-ortho nitro benzene ring substituents is 1. The molecule has 1 aliphatic rings. The van der Waals surface area contributed by atoms with Gasteiger partial charge in [0, 0.05) is 30.8 Å². The summed E-state index contributed by atoms with van der Waals surface area (Å²) in [5, 5.41) is 11.4. The van der Waals surface area contributed by atoms with Crippen molar-refractivity contribution in [3.05, 3.63) is 63.9 Å². The van der Waals surface area contributed by atoms with Gasteiger partial charge in [0.15, 0.2) is 0 Å². The molecule has 0 spiro atoms. The molecule has 1 unspecified atom stereocenters. The number of unbranched alkanes of at least 4 members (excludes halogenated alkanes) is 1. The molecule has 1 aliphatic heterocycles. The molecule has 32 heavy (non-hydrogen) atoms. The summed E-state index contributed by atoms with van der Waals surface area (Å²) in [7, 11) is 0. The van der Waals surface area contributed by atoms with Crippen molar-refractivity contribution < 1.29 is 24.0 Å². The highest BCUT2D eigenvalue weighted by molar-refractivity contribution is 6.02. The molecule has 1 atom stereocenters. The Morgan fingerprint density at radius 3 is 2.59 bits per heavy atom. The number of carbonyl (C=O) groups excluding carboxylic acids is 3. The van der Waals surface area contributed by atoms with Gasteiger partial charge in [-0.2, -0.15) is 0 Å². The van der Waals surface area contributed by atoms with Crippen molar-refractivity contribution in [2.24, 2.45) is 0 Å². The maximum absolute atomic E-state index is 13.4. The fourth-order valence-corrected chi connectivity index (χ4v) is 3.56. The normalized spacial score (nSPS) is 16.4. The minimum atomic E-state index is -1.14. The Balaban J connectivity index is 2.77. The molecule has 0 aromatic heterocycles. The van der Waals surface area contributed by atoms with Crippen LogP contribution in [0, 0.1) is 10.1 Å². The van der Waals surface area contributed by atoms with Gasteiger partial charge in [-0.15, -0.1) is 6.58 Å². The van der Waals surface area contributed by atoms with Crippen LogP contribution >= 0.6 is 0 Å². The van der Waals surface area contributed by atoms with Crippen LogP contribution in [0.3, 0.4) is 0 Å². The van der Waals surface area contributed by atoms with Gasteiger partial charge in [-0.1, -0.05) is 31.6 Å². The van der Waals surface area contributed by atoms with Gasteiger partial charge in [0.2, 0.25) is 5.91 Å². The fraction of sp³-hybridized carbons (Fsp3) is 0.435. The molecule has 0 radical (unpaired) electrons. The van der Waals surface area contributed by atoms with Crippen LogP contribution in [0.15, 0.2) is 48.2 Å². The fourth-order valence-electron chi connectivity index (χ4n) is 3.56. The van der Waals surface area contributed by atoms with E-state index in [1.54, 1.807) is 26.8 Å². The number of urea groups is 1. The first-order valence-corrected chi connectivity index (χ1v) is 10.5. The van der Waals surface area contributed by atoms with E-state index in [-0.39, 0.29) is 29.8 Å². The number of imide groups is 1. The van der Waals surface area contributed by atoms with Gasteiger partial charge in [-0.25, -0.2) is 9.59 Å². The Morgan fingerprint density at radius 1 is 1.34 bits per heavy atom. The number of hydrogen-bond donors (Lipinski definition) is 0. The first-order valence-electron chi connectivity index (χ1n) is 10.5. The Kier molecular flexibility index (Phi) is 8.28. The molecule has 0 saturated carbocycles. The number of hydrogen-bond acceptors (Lipinski definition) is 6. The summed E-state index contributed by atoms with van der Waals surface area (Å²) in [5.74, 6) is -1.16. The Bertz CT molecular complexity index is 953. The number of nitro benzene ring substituents is 1. The van der Waals surface area contributed by atoms with Gasteiger partial charge in [0.05, 0.1) is 16.6 Å². The SMILES string of the molecule is C=CCN1C(=O)N(C(=O)CCCC)C(c2cccc([N+](=O)[O-])c2)C(C(=O)OC(C)C)=C1C. The molecule has 0 fully saturated rings. The molecular weight excluding hydrogens is 414 g/mol. The number of rotatable bonds is 9. The first-order chi connectivity index (χ1) is 15.1. The van der Waals surface area contributed by atoms with Crippen LogP contribution in [0.25, 0.3) is 0 Å². The molecule has 9 nitrogen and oxygen atoms in total. The van der Waals surface area contributed by atoms with Crippen molar-refractivity contribution >= 4 is 23.6 Å². The second-order valence-electron chi connectivity index (χ2n) is 7.76. The molecule has 0 bridgehead atoms. The van der Waals surface area contributed by atoms with Crippen LogP contribution in [0.5, 0.6) is 0 Å². The quantitative estimate of drug-likeness (QED) is 0.240. The summed E-state index contributed by atoms with van der Waals surface area (Å²) >= 11 is 0. The molecule has 1 heterocycles. The van der Waals surface area contributed by atoms with Crippen molar-refractivity contribution in [2.45, 2.75) is 59.1 Å². The number of nitrogens with zero attached hydrogens (tertiary/aromatic N) is 3. The average molecular weight is 444 g/mol. The Hall–Kier alpha value is -3.49. The van der Waals surface area contributed by atoms with Gasteiger partial charge in [-0.3, -0.25) is 24.7 Å². The molecule has 9 heteroatoms. The van der Waals surface area contributed by atoms with Crippen LogP contribution in [0.1, 0.15) is 58.6 Å². The zero-order chi connectivity index (χ0) is 24.0. The molecule has 172 valence electrons. The van der Waals surface area contributed by atoms with Gasteiger partial charge >= 0.3 is 12.0 Å². The van der Waals surface area contributed by atoms with E-state index in [9.17, 15) is 24.5 Å². The summed E-state index contributed by atoms with van der Waals surface area (Å²) < 4.78 is 5.43. The molecule has 1 aromatic rings. The zero-order valence-electron chi connectivity index (χ0n) is 18.9. The lowest BCUT2D eigenvalue weighted by Crippen LogP contribution is -2.53. The molecule has 0 aliphatic carbocycles. The standard InChI is InChI=1S/C23H29N3O6/c1-6-8-12-19(27)25-21(17-10-9-11-18(14-17)26(30)31)20(22(28)32-15(3)4)16(5)24(13-7-2)23(25)29/h7,9-11,14-15,21H,2,6,8,12-13H2,1,3-5H3. The van der Waals surface area contributed by atoms with E-state index in [0.29, 0.717) is 12.1 Å². The van der Waals surface area contributed by atoms with Crippen LogP contribution < -0.4 is 0 Å². The molecule has 1 aromatic carbocycles. The van der Waals surface area contributed by atoms with E-state index in [2.05, 4.69) is 6.58 Å². The van der Waals surface area contributed by atoms with Crippen LogP contribution in [-0.2, 0) is 14.3 Å². The highest BCUT2D eigenvalue weighted by atomic mass is 16.6. The maximum Gasteiger partial charge on any atom is 0.338 e. The molecule has 0 saturated heterocycles. The van der Waals surface area contributed by atoms with E-state index < -0.39 is 35.0 Å². The van der Waals surface area contributed by atoms with Crippen molar-refractivity contribution in [3.63, 3.8) is 0 Å². The number of nitro groups is 1. The summed E-state index contributed by atoms with van der Waals surface area (Å²) in [6.07, 6.45) is 2.45. The number of esters is 1. The second kappa shape index (κ2) is 10.7. The second-order valence-corrected chi connectivity index (χ2v) is 7.76. The highest BCUT2D eigenvalue weighted by Gasteiger charge is 2.45. The van der Waals surface area contributed by atoms with Crippen molar-refractivity contribution in [2.75, 3.05) is 6.54 Å². The Labute approximate surface area is 187 Å². The number of carbonyl (C=O) groups is 3. The van der Waals surface area contributed by atoms with Gasteiger partial charge in [0.1, 0.15) is 6.04 Å². The lowest BCUT2D eigenvalue weighted by Gasteiger charge is -2.41. The predicted molar refractivity (Wildman–Crippen MR) is 118 cm³/mol. The highest BCUT2D eigenvalue weighted by Crippen LogP contribution is 2.39. The predicted octanol–water partition coefficient (Wildman–Crippen LogP) is 4.50. The summed E-state index contributed by atoms with van der Waals surface area (Å²) in [4.78, 5) is 52.8. The smallest absolute Gasteiger partial charge is 0.338 e. The largest absolute Gasteiger partial charge is 0.459 e. The van der Waals surface area contributed by atoms with Crippen molar-refractivity contribution in [1.82, 2.24) is 9.80 Å². The van der Waals surface area contributed by atoms with Gasteiger partial charge < -0.3 is 4.74 Å². The molecular formula is C23H29N3O6. The van der Waals surface area contributed by atoms with Crippen molar-refractivity contribution in [1.29, 1.82) is 0 Å². The van der Waals surface area contributed by atoms with Crippen molar-refractivity contribution in [3.8, 4) is 0 Å². The topological polar surface area (TPSA) is 110 Å². The molecule has 0 N–H and O–H groups in total. The third-order valence-electron chi connectivity index (χ3n) is 5.05. The number of ether oxygens (including phenoxy) is 1. The zero-order valence-corrected chi connectivity index (χ0v) is 18.9. The van der Waals surface area contributed by atoms with E-state index in [1.165, 1.54) is 29.2 Å². The number of benzene rings is 1. The summed E-state index contributed by atoms with van der Waals surface area (Å²) in [6, 6.07) is 3.86. The molecule has 3 amide bonds. The maximum atomic E-state index is 13.4. The first kappa shape index (κ1) is 24.8. The van der Waals surface area contributed by atoms with Gasteiger partial charge in [0.25, 0.3) is 5.69 Å². The summed E-state index contributed by atoms with van der Waals surface area (Å²) in [5.41, 5.74) is 0.478. The minimum Gasteiger partial charge on any atom is -0.459 e. The van der Waals surface area contributed by atoms with E-state index in [0.717, 1.165) is 11.3 Å². The van der Waals surface area contributed by atoms with E-state index in [1.807, 2.05) is 6.92 Å². The lowest BCUT2D eigenvalue weighted by molar-refractivity contribution is -0.384. The minimum absolute atomic E-state index is 0.0857. The van der Waals surface area contributed by atoms with E-state index in [4.69, 9.17) is 4.74 Å². The van der Waals surface area contributed by atoms with Crippen LogP contribution in [0.4, 0.5) is 10.5 Å². The number of allylic oxidation sites excluding steroid dienone is 1. The number of amides is 3. The average Bonchev–Trinajstić information content (AvgIpc) is 2.74.